The fraction of sp³-hybridized carbons (Fsp3) is 0.923. The lowest BCUT2D eigenvalue weighted by molar-refractivity contribution is -0.128. The Hall–Kier alpha value is -0.610. The minimum Gasteiger partial charge on any atom is -0.345 e. The van der Waals surface area contributed by atoms with Crippen LogP contribution >= 0.6 is 0 Å². The smallest absolute Gasteiger partial charge is 0.236 e. The average molecular weight is 243 g/mol. The number of nitrogens with zero attached hydrogens (tertiary/aromatic N) is 2. The van der Waals surface area contributed by atoms with Crippen molar-refractivity contribution >= 4 is 5.91 Å². The average Bonchev–Trinajstić information content (AvgIpc) is 2.26. The van der Waals surface area contributed by atoms with Crippen molar-refractivity contribution < 1.29 is 4.79 Å². The first kappa shape index (κ1) is 16.4. The van der Waals surface area contributed by atoms with Crippen LogP contribution in [0.1, 0.15) is 34.6 Å². The van der Waals surface area contributed by atoms with Gasteiger partial charge < -0.3 is 10.2 Å². The van der Waals surface area contributed by atoms with Crippen LogP contribution in [0.4, 0.5) is 0 Å². The molecule has 17 heavy (non-hydrogen) atoms. The monoisotopic (exact) mass is 243 g/mol. The first-order chi connectivity index (χ1) is 7.90. The molecule has 1 N–H and O–H groups in total. The Bertz CT molecular complexity index is 209. The molecule has 4 nitrogen and oxygen atoms in total. The van der Waals surface area contributed by atoms with Crippen molar-refractivity contribution in [3.05, 3.63) is 0 Å². The predicted octanol–water partition coefficient (Wildman–Crippen LogP) is 1.17. The highest BCUT2D eigenvalue weighted by Crippen LogP contribution is 2.03. The van der Waals surface area contributed by atoms with Gasteiger partial charge in [0, 0.05) is 38.8 Å². The van der Waals surface area contributed by atoms with Crippen molar-refractivity contribution in [3.63, 3.8) is 0 Å². The Balaban J connectivity index is 3.79. The lowest BCUT2D eigenvalue weighted by atomic mass is 10.2. The van der Waals surface area contributed by atoms with Gasteiger partial charge in [0.1, 0.15) is 0 Å². The second-order valence-electron chi connectivity index (χ2n) is 5.01. The van der Waals surface area contributed by atoms with Gasteiger partial charge in [-0.25, -0.2) is 0 Å². The van der Waals surface area contributed by atoms with Gasteiger partial charge in [0.2, 0.25) is 5.91 Å². The fourth-order valence-corrected chi connectivity index (χ4v) is 1.83. The van der Waals surface area contributed by atoms with E-state index in [-0.39, 0.29) is 5.91 Å². The Morgan fingerprint density at radius 3 is 2.12 bits per heavy atom. The largest absolute Gasteiger partial charge is 0.345 e. The summed E-state index contributed by atoms with van der Waals surface area (Å²) in [5.41, 5.74) is 0. The van der Waals surface area contributed by atoms with E-state index in [4.69, 9.17) is 0 Å². The van der Waals surface area contributed by atoms with E-state index in [2.05, 4.69) is 37.9 Å². The van der Waals surface area contributed by atoms with Crippen molar-refractivity contribution in [1.82, 2.24) is 15.1 Å². The summed E-state index contributed by atoms with van der Waals surface area (Å²) in [6, 6.07) is 1.09. The van der Waals surface area contributed by atoms with Gasteiger partial charge in [0.15, 0.2) is 0 Å². The molecule has 0 rings (SSSR count). The van der Waals surface area contributed by atoms with Gasteiger partial charge in [0.05, 0.1) is 6.54 Å². The lowest BCUT2D eigenvalue weighted by Gasteiger charge is -2.30. The lowest BCUT2D eigenvalue weighted by Crippen LogP contribution is -2.43. The molecule has 0 aliphatic heterocycles. The van der Waals surface area contributed by atoms with Crippen LogP contribution in [0, 0.1) is 0 Å². The van der Waals surface area contributed by atoms with E-state index < -0.39 is 0 Å². The number of rotatable bonds is 8. The summed E-state index contributed by atoms with van der Waals surface area (Å²) >= 11 is 0. The minimum atomic E-state index is 0.160. The van der Waals surface area contributed by atoms with Gasteiger partial charge in [-0.3, -0.25) is 9.69 Å². The summed E-state index contributed by atoms with van der Waals surface area (Å²) in [6.07, 6.45) is 0. The highest BCUT2D eigenvalue weighted by molar-refractivity contribution is 5.77. The Morgan fingerprint density at radius 2 is 1.71 bits per heavy atom. The third kappa shape index (κ3) is 6.64. The normalized spacial score (nSPS) is 11.6. The molecule has 0 radical (unpaired) electrons. The van der Waals surface area contributed by atoms with Gasteiger partial charge in [-0.05, 0) is 34.6 Å². The summed E-state index contributed by atoms with van der Waals surface area (Å²) in [4.78, 5) is 15.7. The van der Waals surface area contributed by atoms with Crippen LogP contribution in [0.25, 0.3) is 0 Å². The van der Waals surface area contributed by atoms with Gasteiger partial charge in [-0.15, -0.1) is 0 Å². The van der Waals surface area contributed by atoms with Crippen molar-refractivity contribution in [2.24, 2.45) is 0 Å². The molecule has 0 fully saturated rings. The highest BCUT2D eigenvalue weighted by atomic mass is 16.2. The SMILES string of the molecule is CCN(C)C(=O)CNCCN(C(C)C)C(C)C. The van der Waals surface area contributed by atoms with Crippen LogP contribution < -0.4 is 5.32 Å². The molecule has 0 aromatic carbocycles. The molecule has 0 aliphatic rings. The molecule has 0 heterocycles. The molecule has 0 bridgehead atoms. The molecule has 0 saturated carbocycles. The Morgan fingerprint density at radius 1 is 1.18 bits per heavy atom. The first-order valence-corrected chi connectivity index (χ1v) is 6.60. The summed E-state index contributed by atoms with van der Waals surface area (Å²) in [6.45, 7) is 13.9. The predicted molar refractivity (Wildman–Crippen MR) is 73.2 cm³/mol. The van der Waals surface area contributed by atoms with Crippen molar-refractivity contribution in [1.29, 1.82) is 0 Å². The Labute approximate surface area is 106 Å². The van der Waals surface area contributed by atoms with E-state index in [1.807, 2.05) is 14.0 Å². The molecule has 4 heteroatoms. The quantitative estimate of drug-likeness (QED) is 0.650. The zero-order valence-electron chi connectivity index (χ0n) is 12.3. The van der Waals surface area contributed by atoms with Crippen molar-refractivity contribution in [2.75, 3.05) is 33.2 Å². The zero-order valence-corrected chi connectivity index (χ0v) is 12.3. The van der Waals surface area contributed by atoms with E-state index >= 15 is 0 Å². The third-order valence-electron chi connectivity index (χ3n) is 3.05. The van der Waals surface area contributed by atoms with Gasteiger partial charge in [-0.2, -0.15) is 0 Å². The summed E-state index contributed by atoms with van der Waals surface area (Å²) in [5, 5.41) is 3.21. The second-order valence-corrected chi connectivity index (χ2v) is 5.01. The van der Waals surface area contributed by atoms with Gasteiger partial charge in [-0.1, -0.05) is 0 Å². The molecule has 0 aliphatic carbocycles. The number of nitrogens with one attached hydrogen (secondary N) is 1. The first-order valence-electron chi connectivity index (χ1n) is 6.60. The van der Waals surface area contributed by atoms with Crippen LogP contribution in [0.15, 0.2) is 0 Å². The van der Waals surface area contributed by atoms with Crippen LogP contribution in [0.5, 0.6) is 0 Å². The molecular weight excluding hydrogens is 214 g/mol. The summed E-state index contributed by atoms with van der Waals surface area (Å²) in [7, 11) is 1.83. The molecular formula is C13H29N3O. The van der Waals surface area contributed by atoms with Crippen LogP contribution in [0.3, 0.4) is 0 Å². The number of hydrogen-bond acceptors (Lipinski definition) is 3. The van der Waals surface area contributed by atoms with Crippen molar-refractivity contribution in [3.8, 4) is 0 Å². The summed E-state index contributed by atoms with van der Waals surface area (Å²) in [5.74, 6) is 0.160. The molecule has 0 spiro atoms. The van der Waals surface area contributed by atoms with Crippen molar-refractivity contribution in [2.45, 2.75) is 46.7 Å². The minimum absolute atomic E-state index is 0.160. The third-order valence-corrected chi connectivity index (χ3v) is 3.05. The fourth-order valence-electron chi connectivity index (χ4n) is 1.83. The summed E-state index contributed by atoms with van der Waals surface area (Å²) < 4.78 is 0. The standard InChI is InChI=1S/C13H29N3O/c1-7-15(6)13(17)10-14-8-9-16(11(2)3)12(4)5/h11-12,14H,7-10H2,1-6H3. The topological polar surface area (TPSA) is 35.6 Å². The second kappa shape index (κ2) is 8.48. The van der Waals surface area contributed by atoms with E-state index in [1.54, 1.807) is 4.90 Å². The van der Waals surface area contributed by atoms with Gasteiger partial charge >= 0.3 is 0 Å². The van der Waals surface area contributed by atoms with E-state index in [0.717, 1.165) is 19.6 Å². The highest BCUT2D eigenvalue weighted by Gasteiger charge is 2.12. The van der Waals surface area contributed by atoms with E-state index in [0.29, 0.717) is 18.6 Å². The molecule has 0 aromatic heterocycles. The van der Waals surface area contributed by atoms with E-state index in [9.17, 15) is 4.79 Å². The number of likely N-dealkylation sites (N-methyl/N-ethyl adjacent to an activating group) is 1. The van der Waals surface area contributed by atoms with Crippen LogP contribution in [-0.2, 0) is 4.79 Å². The Kier molecular flexibility index (Phi) is 8.17. The number of hydrogen-bond donors (Lipinski definition) is 1. The van der Waals surface area contributed by atoms with Crippen LogP contribution in [0.2, 0.25) is 0 Å². The number of carbonyl (C=O) groups excluding carboxylic acids is 1. The van der Waals surface area contributed by atoms with Gasteiger partial charge in [0.25, 0.3) is 0 Å². The molecule has 0 aromatic rings. The maximum absolute atomic E-state index is 11.5. The number of amides is 1. The molecule has 0 unspecified atom stereocenters. The maximum Gasteiger partial charge on any atom is 0.236 e. The maximum atomic E-state index is 11.5. The molecule has 1 amide bonds. The van der Waals surface area contributed by atoms with E-state index in [1.165, 1.54) is 0 Å². The molecule has 0 saturated heterocycles. The number of carbonyl (C=O) groups is 1. The van der Waals surface area contributed by atoms with Crippen LogP contribution in [-0.4, -0.2) is 61.0 Å². The zero-order chi connectivity index (χ0) is 13.4. The molecule has 102 valence electrons. The molecule has 0 atom stereocenters.